The van der Waals surface area contributed by atoms with E-state index >= 15 is 0 Å². The number of aromatic nitrogens is 2. The molecule has 0 atom stereocenters. The third-order valence-electron chi connectivity index (χ3n) is 2.88. The van der Waals surface area contributed by atoms with Crippen molar-refractivity contribution in [2.45, 2.75) is 20.0 Å². The fourth-order valence-corrected chi connectivity index (χ4v) is 1.79. The van der Waals surface area contributed by atoms with Crippen LogP contribution in [0.2, 0.25) is 0 Å². The number of nitrogens with one attached hydrogen (secondary N) is 1. The van der Waals surface area contributed by atoms with Crippen molar-refractivity contribution in [1.29, 1.82) is 0 Å². The molecule has 0 saturated carbocycles. The van der Waals surface area contributed by atoms with Crippen LogP contribution in [0.3, 0.4) is 0 Å². The molecule has 0 aliphatic carbocycles. The van der Waals surface area contributed by atoms with Gasteiger partial charge in [0.25, 0.3) is 0 Å². The summed E-state index contributed by atoms with van der Waals surface area (Å²) in [5.41, 5.74) is 1.67. The molecule has 0 radical (unpaired) electrons. The zero-order chi connectivity index (χ0) is 13.8. The maximum Gasteiger partial charge on any atom is 0.128 e. The van der Waals surface area contributed by atoms with E-state index in [1.807, 2.05) is 0 Å². The number of alkyl halides is 1. The Balaban J connectivity index is 0.00000200. The minimum atomic E-state index is -0.500. The van der Waals surface area contributed by atoms with Crippen molar-refractivity contribution in [1.82, 2.24) is 9.78 Å². The number of hydrogen-bond acceptors (Lipinski definition) is 2. The van der Waals surface area contributed by atoms with Gasteiger partial charge in [-0.25, -0.2) is 13.2 Å². The molecule has 0 unspecified atom stereocenters. The maximum atomic E-state index is 13.4. The Morgan fingerprint density at radius 3 is 2.75 bits per heavy atom. The molecule has 0 bridgehead atoms. The highest BCUT2D eigenvalue weighted by atomic mass is 35.5. The Morgan fingerprint density at radius 2 is 2.05 bits per heavy atom. The highest BCUT2D eigenvalue weighted by molar-refractivity contribution is 5.85. The van der Waals surface area contributed by atoms with Gasteiger partial charge >= 0.3 is 0 Å². The molecule has 1 aromatic heterocycles. The van der Waals surface area contributed by atoms with Crippen LogP contribution in [-0.4, -0.2) is 16.5 Å². The van der Waals surface area contributed by atoms with Crippen molar-refractivity contribution in [2.75, 3.05) is 12.0 Å². The van der Waals surface area contributed by atoms with Gasteiger partial charge in [-0.15, -0.1) is 12.4 Å². The molecule has 110 valence electrons. The minimum absolute atomic E-state index is 0. The van der Waals surface area contributed by atoms with E-state index in [9.17, 15) is 13.2 Å². The SMILES string of the molecule is Cc1c(NCc2cc(F)ccc2F)cnn1CCF.Cl. The zero-order valence-electron chi connectivity index (χ0n) is 10.9. The third-order valence-corrected chi connectivity index (χ3v) is 2.88. The number of aryl methyl sites for hydroxylation is 1. The molecule has 0 spiro atoms. The predicted octanol–water partition coefficient (Wildman–Crippen LogP) is 3.47. The average Bonchev–Trinajstić information content (AvgIpc) is 2.73. The van der Waals surface area contributed by atoms with Gasteiger partial charge in [-0.3, -0.25) is 4.68 Å². The highest BCUT2D eigenvalue weighted by Gasteiger charge is 2.08. The van der Waals surface area contributed by atoms with E-state index in [1.165, 1.54) is 4.68 Å². The number of benzene rings is 1. The summed E-state index contributed by atoms with van der Waals surface area (Å²) < 4.78 is 40.2. The van der Waals surface area contributed by atoms with Crippen LogP contribution in [0.15, 0.2) is 24.4 Å². The van der Waals surface area contributed by atoms with Crippen LogP contribution in [0.1, 0.15) is 11.3 Å². The lowest BCUT2D eigenvalue weighted by molar-refractivity contribution is 0.423. The number of nitrogens with zero attached hydrogens (tertiary/aromatic N) is 2. The van der Waals surface area contributed by atoms with E-state index in [0.29, 0.717) is 5.69 Å². The fourth-order valence-electron chi connectivity index (χ4n) is 1.79. The summed E-state index contributed by atoms with van der Waals surface area (Å²) in [6, 6.07) is 3.30. The first-order valence-corrected chi connectivity index (χ1v) is 5.88. The van der Waals surface area contributed by atoms with Crippen molar-refractivity contribution in [3.8, 4) is 0 Å². The normalized spacial score (nSPS) is 10.2. The molecule has 3 nitrogen and oxygen atoms in total. The Kier molecular flexibility index (Phi) is 5.88. The molecule has 20 heavy (non-hydrogen) atoms. The smallest absolute Gasteiger partial charge is 0.128 e. The van der Waals surface area contributed by atoms with Crippen LogP contribution >= 0.6 is 12.4 Å². The average molecular weight is 306 g/mol. The molecule has 0 saturated heterocycles. The first-order chi connectivity index (χ1) is 9.11. The van der Waals surface area contributed by atoms with Crippen molar-refractivity contribution in [3.05, 3.63) is 47.3 Å². The van der Waals surface area contributed by atoms with Crippen LogP contribution in [-0.2, 0) is 13.1 Å². The van der Waals surface area contributed by atoms with Crippen LogP contribution in [0.25, 0.3) is 0 Å². The van der Waals surface area contributed by atoms with Gasteiger partial charge in [0.2, 0.25) is 0 Å². The number of rotatable bonds is 5. The van der Waals surface area contributed by atoms with Gasteiger partial charge in [-0.05, 0) is 25.1 Å². The molecule has 2 rings (SSSR count). The first kappa shape index (κ1) is 16.4. The van der Waals surface area contributed by atoms with E-state index in [4.69, 9.17) is 0 Å². The minimum Gasteiger partial charge on any atom is -0.378 e. The van der Waals surface area contributed by atoms with Crippen LogP contribution in [0, 0.1) is 18.6 Å². The topological polar surface area (TPSA) is 29.9 Å². The summed E-state index contributed by atoms with van der Waals surface area (Å²) in [6.07, 6.45) is 1.54. The van der Waals surface area contributed by atoms with Gasteiger partial charge in [-0.2, -0.15) is 5.10 Å². The van der Waals surface area contributed by atoms with Gasteiger partial charge in [0.05, 0.1) is 24.1 Å². The van der Waals surface area contributed by atoms with Gasteiger partial charge < -0.3 is 5.32 Å². The summed E-state index contributed by atoms with van der Waals surface area (Å²) >= 11 is 0. The summed E-state index contributed by atoms with van der Waals surface area (Å²) in [7, 11) is 0. The molecule has 7 heteroatoms. The monoisotopic (exact) mass is 305 g/mol. The van der Waals surface area contributed by atoms with Crippen molar-refractivity contribution in [3.63, 3.8) is 0 Å². The third kappa shape index (κ3) is 3.66. The van der Waals surface area contributed by atoms with Crippen LogP contribution in [0.5, 0.6) is 0 Å². The maximum absolute atomic E-state index is 13.4. The summed E-state index contributed by atoms with van der Waals surface area (Å²) in [4.78, 5) is 0. The molecule has 0 aliphatic rings. The van der Waals surface area contributed by atoms with E-state index in [1.54, 1.807) is 13.1 Å². The second kappa shape index (κ2) is 7.19. The molecule has 0 fully saturated rings. The second-order valence-electron chi connectivity index (χ2n) is 4.15. The lowest BCUT2D eigenvalue weighted by atomic mass is 10.2. The Morgan fingerprint density at radius 1 is 1.30 bits per heavy atom. The van der Waals surface area contributed by atoms with Crippen LogP contribution < -0.4 is 5.32 Å². The number of halogens is 4. The summed E-state index contributed by atoms with van der Waals surface area (Å²) in [5.74, 6) is -0.953. The van der Waals surface area contributed by atoms with Crippen molar-refractivity contribution < 1.29 is 13.2 Å². The molecule has 1 N–H and O–H groups in total. The quantitative estimate of drug-likeness (QED) is 0.916. The van der Waals surface area contributed by atoms with Gasteiger partial charge in [0.15, 0.2) is 0 Å². The number of hydrogen-bond donors (Lipinski definition) is 1. The molecular formula is C13H15ClF3N3. The largest absolute Gasteiger partial charge is 0.378 e. The molecule has 1 aromatic carbocycles. The van der Waals surface area contributed by atoms with E-state index in [-0.39, 0.29) is 31.1 Å². The first-order valence-electron chi connectivity index (χ1n) is 5.88. The van der Waals surface area contributed by atoms with E-state index in [0.717, 1.165) is 23.9 Å². The number of anilines is 1. The lowest BCUT2D eigenvalue weighted by Gasteiger charge is -2.07. The van der Waals surface area contributed by atoms with E-state index in [2.05, 4.69) is 10.4 Å². The van der Waals surface area contributed by atoms with Gasteiger partial charge in [-0.1, -0.05) is 0 Å². The standard InChI is InChI=1S/C13H14F3N3.ClH/c1-9-13(8-18-19(9)5-4-14)17-7-10-6-11(15)2-3-12(10)16;/h2-3,6,8,17H,4-5,7H2,1H3;1H. The van der Waals surface area contributed by atoms with E-state index < -0.39 is 18.3 Å². The molecule has 2 aromatic rings. The van der Waals surface area contributed by atoms with Gasteiger partial charge in [0.1, 0.15) is 18.3 Å². The Bertz CT molecular complexity index is 572. The molecule has 0 aliphatic heterocycles. The van der Waals surface area contributed by atoms with Gasteiger partial charge in [0, 0.05) is 12.1 Å². The van der Waals surface area contributed by atoms with Crippen LogP contribution in [0.4, 0.5) is 18.9 Å². The highest BCUT2D eigenvalue weighted by Crippen LogP contribution is 2.16. The molecular weight excluding hydrogens is 291 g/mol. The lowest BCUT2D eigenvalue weighted by Crippen LogP contribution is -2.06. The summed E-state index contributed by atoms with van der Waals surface area (Å²) in [6.45, 7) is 1.61. The van der Waals surface area contributed by atoms with Crippen molar-refractivity contribution in [2.24, 2.45) is 0 Å². The van der Waals surface area contributed by atoms with Crippen molar-refractivity contribution >= 4 is 18.1 Å². The Hall–Kier alpha value is -1.69. The zero-order valence-corrected chi connectivity index (χ0v) is 11.7. The molecule has 0 amide bonds. The predicted molar refractivity (Wildman–Crippen MR) is 73.9 cm³/mol. The fraction of sp³-hybridized carbons (Fsp3) is 0.308. The molecule has 1 heterocycles. The second-order valence-corrected chi connectivity index (χ2v) is 4.15. The summed E-state index contributed by atoms with van der Waals surface area (Å²) in [5, 5.41) is 6.97. The Labute approximate surface area is 121 Å².